The van der Waals surface area contributed by atoms with Crippen LogP contribution in [0.2, 0.25) is 0 Å². The molecule has 0 aliphatic heterocycles. The number of ether oxygens (including phenoxy) is 3. The normalized spacial score (nSPS) is 8.47. The molecule has 0 saturated heterocycles. The molecule has 0 N–H and O–H groups in total. The van der Waals surface area contributed by atoms with E-state index in [0.29, 0.717) is 6.61 Å². The standard InChI is InChI=1S/C5H12NO.C4H9O.C3H7O.Y/c1-6(2)4-5-7-3;1-3-4-5-2;1-3-4-2;/h1,4-5H2,2-3H3;1,3-4H2,2H3;1,3H2,2H3;/q3*-1;+3. The number of hydrogen-bond acceptors (Lipinski definition) is 4. The summed E-state index contributed by atoms with van der Waals surface area (Å²) in [4.78, 5) is 1.84. The molecule has 5 heteroatoms. The largest absolute Gasteiger partial charge is 3.00 e. The van der Waals surface area contributed by atoms with Crippen molar-refractivity contribution in [2.24, 2.45) is 0 Å². The van der Waals surface area contributed by atoms with Crippen LogP contribution in [0.1, 0.15) is 6.42 Å². The van der Waals surface area contributed by atoms with Crippen molar-refractivity contribution in [3.8, 4) is 0 Å². The third-order valence-corrected chi connectivity index (χ3v) is 1.23. The maximum absolute atomic E-state index is 4.77. The van der Waals surface area contributed by atoms with E-state index in [9.17, 15) is 0 Å². The van der Waals surface area contributed by atoms with Crippen LogP contribution in [0.5, 0.6) is 0 Å². The van der Waals surface area contributed by atoms with Gasteiger partial charge in [-0.3, -0.25) is 7.05 Å². The van der Waals surface area contributed by atoms with Gasteiger partial charge in [-0.05, 0) is 13.6 Å². The molecule has 0 radical (unpaired) electrons. The second kappa shape index (κ2) is 30.2. The number of nitrogens with zero attached hydrogens (tertiary/aromatic N) is 1. The molecule has 0 aliphatic rings. The molecule has 102 valence electrons. The summed E-state index contributed by atoms with van der Waals surface area (Å²) in [5.41, 5.74) is 0. The fraction of sp³-hybridized carbons (Fsp3) is 0.750. The predicted octanol–water partition coefficient (Wildman–Crippen LogP) is 1.68. The molecule has 0 bridgehead atoms. The molecule has 4 nitrogen and oxygen atoms in total. The third kappa shape index (κ3) is 60.0. The van der Waals surface area contributed by atoms with Gasteiger partial charge in [-0.15, -0.1) is 0 Å². The molecule has 0 saturated carbocycles. The SMILES string of the molecule is [CH2-]CCOC.[CH2-]COC.[CH2-]N(C)CCOC.[Y+3]. The molecular weight excluding hydrogens is 295 g/mol. The van der Waals surface area contributed by atoms with Crippen LogP contribution in [0.15, 0.2) is 0 Å². The van der Waals surface area contributed by atoms with Crippen LogP contribution in [0.25, 0.3) is 0 Å². The van der Waals surface area contributed by atoms with Crippen LogP contribution in [0, 0.1) is 20.9 Å². The fourth-order valence-corrected chi connectivity index (χ4v) is 0.391. The summed E-state index contributed by atoms with van der Waals surface area (Å²) in [5.74, 6) is 0. The second-order valence-corrected chi connectivity index (χ2v) is 2.91. The first-order chi connectivity index (χ1) is 7.60. The Morgan fingerprint density at radius 2 is 1.35 bits per heavy atom. The van der Waals surface area contributed by atoms with Gasteiger partial charge in [0.2, 0.25) is 0 Å². The first-order valence-corrected chi connectivity index (χ1v) is 5.17. The number of rotatable bonds is 6. The summed E-state index contributed by atoms with van der Waals surface area (Å²) in [6.45, 7) is 9.94. The fourth-order valence-electron chi connectivity index (χ4n) is 0.391. The van der Waals surface area contributed by atoms with Crippen LogP contribution in [-0.2, 0) is 46.9 Å². The van der Waals surface area contributed by atoms with Crippen molar-refractivity contribution >= 4 is 0 Å². The van der Waals surface area contributed by atoms with Gasteiger partial charge in [-0.1, -0.05) is 6.61 Å². The summed E-state index contributed by atoms with van der Waals surface area (Å²) in [5, 5.41) is 0. The zero-order chi connectivity index (χ0) is 13.2. The molecule has 0 aromatic carbocycles. The van der Waals surface area contributed by atoms with Crippen LogP contribution < -0.4 is 0 Å². The van der Waals surface area contributed by atoms with Gasteiger partial charge in [0.25, 0.3) is 0 Å². The molecule has 0 atom stereocenters. The molecule has 0 aromatic heterocycles. The first kappa shape index (κ1) is 26.5. The predicted molar refractivity (Wildman–Crippen MR) is 68.9 cm³/mol. The van der Waals surface area contributed by atoms with E-state index in [-0.39, 0.29) is 32.7 Å². The summed E-state index contributed by atoms with van der Waals surface area (Å²) in [6, 6.07) is 0. The molecule has 0 aromatic rings. The van der Waals surface area contributed by atoms with Crippen LogP contribution in [0.4, 0.5) is 0 Å². The summed E-state index contributed by atoms with van der Waals surface area (Å²) in [6.07, 6.45) is 0.872. The molecule has 0 amide bonds. The average molecular weight is 323 g/mol. The average Bonchev–Trinajstić information content (AvgIpc) is 2.28. The van der Waals surface area contributed by atoms with E-state index in [1.165, 1.54) is 0 Å². The van der Waals surface area contributed by atoms with E-state index >= 15 is 0 Å². The minimum atomic E-state index is 0. The van der Waals surface area contributed by atoms with Crippen molar-refractivity contribution in [2.45, 2.75) is 6.42 Å². The third-order valence-electron chi connectivity index (χ3n) is 1.23. The number of likely N-dealkylation sites (N-methyl/N-ethyl adjacent to an activating group) is 1. The zero-order valence-electron chi connectivity index (χ0n) is 11.9. The monoisotopic (exact) mass is 323 g/mol. The Hall–Kier alpha value is 0.944. The number of hydrogen-bond donors (Lipinski definition) is 0. The quantitative estimate of drug-likeness (QED) is 0.696. The van der Waals surface area contributed by atoms with Gasteiger partial charge >= 0.3 is 32.7 Å². The van der Waals surface area contributed by atoms with Crippen LogP contribution in [-0.4, -0.2) is 59.6 Å². The van der Waals surface area contributed by atoms with Gasteiger partial charge in [-0.25, -0.2) is 0 Å². The maximum Gasteiger partial charge on any atom is 3.00 e. The smallest absolute Gasteiger partial charge is 0.460 e. The van der Waals surface area contributed by atoms with E-state index in [1.54, 1.807) is 21.3 Å². The van der Waals surface area contributed by atoms with E-state index < -0.39 is 0 Å². The Bertz CT molecular complexity index is 91.8. The molecule has 17 heavy (non-hydrogen) atoms. The van der Waals surface area contributed by atoms with Crippen molar-refractivity contribution in [1.82, 2.24) is 4.90 Å². The van der Waals surface area contributed by atoms with E-state index in [1.807, 2.05) is 11.9 Å². The van der Waals surface area contributed by atoms with Gasteiger partial charge < -0.3 is 33.0 Å². The van der Waals surface area contributed by atoms with Gasteiger partial charge in [0.1, 0.15) is 0 Å². The Labute approximate surface area is 133 Å². The second-order valence-electron chi connectivity index (χ2n) is 2.91. The summed E-state index contributed by atoms with van der Waals surface area (Å²) >= 11 is 0. The zero-order valence-corrected chi connectivity index (χ0v) is 14.7. The van der Waals surface area contributed by atoms with E-state index in [4.69, 9.17) is 4.74 Å². The Kier molecular flexibility index (Phi) is 47.1. The van der Waals surface area contributed by atoms with Gasteiger partial charge in [0.15, 0.2) is 0 Å². The van der Waals surface area contributed by atoms with E-state index in [2.05, 4.69) is 30.4 Å². The Morgan fingerprint density at radius 3 is 1.41 bits per heavy atom. The Morgan fingerprint density at radius 1 is 0.941 bits per heavy atom. The first-order valence-electron chi connectivity index (χ1n) is 5.17. The molecule has 0 aliphatic carbocycles. The minimum Gasteiger partial charge on any atom is -0.460 e. The summed E-state index contributed by atoms with van der Waals surface area (Å²) < 4.78 is 13.8. The molecule has 0 fully saturated rings. The number of methoxy groups -OCH3 is 3. The van der Waals surface area contributed by atoms with Crippen LogP contribution in [0.3, 0.4) is 0 Å². The minimum absolute atomic E-state index is 0. The van der Waals surface area contributed by atoms with E-state index in [0.717, 1.165) is 26.2 Å². The van der Waals surface area contributed by atoms with Crippen molar-refractivity contribution in [1.29, 1.82) is 0 Å². The van der Waals surface area contributed by atoms with Gasteiger partial charge in [0.05, 0.1) is 6.61 Å². The Balaban J connectivity index is -0.0000000757. The molecule has 0 rings (SSSR count). The van der Waals surface area contributed by atoms with Crippen LogP contribution >= 0.6 is 0 Å². The van der Waals surface area contributed by atoms with Gasteiger partial charge in [-0.2, -0.15) is 6.42 Å². The topological polar surface area (TPSA) is 30.9 Å². The molecule has 0 spiro atoms. The van der Waals surface area contributed by atoms with Gasteiger partial charge in [0, 0.05) is 27.9 Å². The van der Waals surface area contributed by atoms with Crippen molar-refractivity contribution in [3.05, 3.63) is 20.9 Å². The molecule has 0 unspecified atom stereocenters. The molecular formula is C12H28NO3Y. The maximum atomic E-state index is 4.77. The summed E-state index contributed by atoms with van der Waals surface area (Å²) in [7, 11) is 10.5. The van der Waals surface area contributed by atoms with Crippen molar-refractivity contribution < 1.29 is 46.9 Å². The van der Waals surface area contributed by atoms with Crippen molar-refractivity contribution in [2.75, 3.05) is 54.7 Å². The van der Waals surface area contributed by atoms with Crippen molar-refractivity contribution in [3.63, 3.8) is 0 Å². The molecule has 0 heterocycles.